The second-order valence-corrected chi connectivity index (χ2v) is 6.74. The number of aromatic amines is 1. The van der Waals surface area contributed by atoms with Gasteiger partial charge in [-0.05, 0) is 24.1 Å². The third-order valence-corrected chi connectivity index (χ3v) is 4.54. The number of rotatable bonds is 6. The molecule has 0 atom stereocenters. The van der Waals surface area contributed by atoms with Crippen molar-refractivity contribution in [3.8, 4) is 0 Å². The fourth-order valence-corrected chi connectivity index (χ4v) is 2.86. The molecule has 3 rings (SSSR count). The van der Waals surface area contributed by atoms with Gasteiger partial charge in [0.25, 0.3) is 11.8 Å². The number of aromatic nitrogens is 2. The molecule has 1 aromatic heterocycles. The average molecular weight is 419 g/mol. The van der Waals surface area contributed by atoms with Crippen LogP contribution < -0.4 is 5.32 Å². The standard InChI is InChI=1S/C20H17ClF2N4O2/c1-27(8-7-12-5-3-2-4-6-12)20(29)17-11-18(26-25-17)24-19(28)13-9-15(22)16(23)10-14(13)21/h2-6,9-11H,7-8H2,1H3,(H2,24,25,26,28). The van der Waals surface area contributed by atoms with Crippen molar-refractivity contribution in [3.63, 3.8) is 0 Å². The predicted molar refractivity (Wildman–Crippen MR) is 105 cm³/mol. The molecule has 0 fully saturated rings. The zero-order chi connectivity index (χ0) is 21.0. The van der Waals surface area contributed by atoms with Crippen molar-refractivity contribution >= 4 is 29.2 Å². The third kappa shape index (κ3) is 4.97. The second-order valence-electron chi connectivity index (χ2n) is 6.33. The number of carbonyl (C=O) groups excluding carboxylic acids is 2. The van der Waals surface area contributed by atoms with Crippen molar-refractivity contribution in [2.45, 2.75) is 6.42 Å². The average Bonchev–Trinajstić information content (AvgIpc) is 3.17. The minimum Gasteiger partial charge on any atom is -0.340 e. The Morgan fingerprint density at radius 2 is 1.83 bits per heavy atom. The van der Waals surface area contributed by atoms with E-state index in [9.17, 15) is 18.4 Å². The van der Waals surface area contributed by atoms with Crippen molar-refractivity contribution < 1.29 is 18.4 Å². The Bertz CT molecular complexity index is 1040. The monoisotopic (exact) mass is 418 g/mol. The highest BCUT2D eigenvalue weighted by molar-refractivity contribution is 6.34. The van der Waals surface area contributed by atoms with E-state index in [0.29, 0.717) is 25.1 Å². The van der Waals surface area contributed by atoms with Gasteiger partial charge in [0.2, 0.25) is 0 Å². The van der Waals surface area contributed by atoms with Gasteiger partial charge in [-0.25, -0.2) is 8.78 Å². The summed E-state index contributed by atoms with van der Waals surface area (Å²) in [6, 6.07) is 12.5. The molecule has 2 aromatic carbocycles. The lowest BCUT2D eigenvalue weighted by Crippen LogP contribution is -2.29. The molecule has 3 aromatic rings. The van der Waals surface area contributed by atoms with Crippen LogP contribution in [0.4, 0.5) is 14.6 Å². The largest absolute Gasteiger partial charge is 0.340 e. The molecule has 1 heterocycles. The number of amides is 2. The third-order valence-electron chi connectivity index (χ3n) is 4.23. The summed E-state index contributed by atoms with van der Waals surface area (Å²) in [5, 5.41) is 8.56. The van der Waals surface area contributed by atoms with Crippen molar-refractivity contribution in [3.05, 3.63) is 82.0 Å². The zero-order valence-corrected chi connectivity index (χ0v) is 16.1. The van der Waals surface area contributed by atoms with Crippen molar-refractivity contribution in [1.82, 2.24) is 15.1 Å². The maximum absolute atomic E-state index is 13.4. The fraction of sp³-hybridized carbons (Fsp3) is 0.150. The van der Waals surface area contributed by atoms with Crippen LogP contribution in [0.2, 0.25) is 5.02 Å². The van der Waals surface area contributed by atoms with Gasteiger partial charge in [-0.15, -0.1) is 0 Å². The van der Waals surface area contributed by atoms with Gasteiger partial charge >= 0.3 is 0 Å². The first kappa shape index (κ1) is 20.5. The molecule has 6 nitrogen and oxygen atoms in total. The number of anilines is 1. The molecule has 2 N–H and O–H groups in total. The summed E-state index contributed by atoms with van der Waals surface area (Å²) in [6.45, 7) is 0.494. The Kier molecular flexibility index (Phi) is 6.23. The SMILES string of the molecule is CN(CCc1ccccc1)C(=O)c1cc(NC(=O)c2cc(F)c(F)cc2Cl)n[nH]1. The van der Waals surface area contributed by atoms with E-state index < -0.39 is 17.5 Å². The molecular weight excluding hydrogens is 402 g/mol. The number of nitrogens with one attached hydrogen (secondary N) is 2. The van der Waals surface area contributed by atoms with E-state index in [0.717, 1.165) is 5.56 Å². The molecule has 0 bridgehead atoms. The van der Waals surface area contributed by atoms with Gasteiger partial charge in [0.15, 0.2) is 17.5 Å². The number of carbonyl (C=O) groups is 2. The molecule has 150 valence electrons. The molecule has 0 spiro atoms. The van der Waals surface area contributed by atoms with Gasteiger partial charge in [0.1, 0.15) is 5.69 Å². The van der Waals surface area contributed by atoms with E-state index in [1.54, 1.807) is 7.05 Å². The number of H-pyrrole nitrogens is 1. The molecule has 0 saturated heterocycles. The van der Waals surface area contributed by atoms with Gasteiger partial charge in [0, 0.05) is 19.7 Å². The molecule has 0 aliphatic heterocycles. The van der Waals surface area contributed by atoms with Gasteiger partial charge in [-0.3, -0.25) is 14.7 Å². The van der Waals surface area contributed by atoms with E-state index in [1.165, 1.54) is 11.0 Å². The number of nitrogens with zero attached hydrogens (tertiary/aromatic N) is 2. The fourth-order valence-electron chi connectivity index (χ4n) is 2.62. The smallest absolute Gasteiger partial charge is 0.271 e. The molecule has 0 saturated carbocycles. The Balaban J connectivity index is 1.63. The molecule has 9 heteroatoms. The van der Waals surface area contributed by atoms with Crippen LogP contribution in [0.25, 0.3) is 0 Å². The molecule has 0 aliphatic carbocycles. The molecule has 0 aliphatic rings. The van der Waals surface area contributed by atoms with Crippen molar-refractivity contribution in [1.29, 1.82) is 0 Å². The summed E-state index contributed by atoms with van der Waals surface area (Å²) >= 11 is 5.79. The van der Waals surface area contributed by atoms with Crippen LogP contribution in [0.3, 0.4) is 0 Å². The van der Waals surface area contributed by atoms with E-state index in [4.69, 9.17) is 11.6 Å². The van der Waals surface area contributed by atoms with E-state index in [-0.39, 0.29) is 28.0 Å². The Hall–Kier alpha value is -3.26. The van der Waals surface area contributed by atoms with Crippen LogP contribution in [0.1, 0.15) is 26.4 Å². The molecule has 2 amide bonds. The van der Waals surface area contributed by atoms with Crippen LogP contribution >= 0.6 is 11.6 Å². The Morgan fingerprint density at radius 1 is 1.14 bits per heavy atom. The molecule has 0 radical (unpaired) electrons. The maximum atomic E-state index is 13.4. The lowest BCUT2D eigenvalue weighted by atomic mass is 10.1. The maximum Gasteiger partial charge on any atom is 0.271 e. The van der Waals surface area contributed by atoms with Gasteiger partial charge in [-0.2, -0.15) is 5.10 Å². The normalized spacial score (nSPS) is 10.6. The quantitative estimate of drug-likeness (QED) is 0.596. The Morgan fingerprint density at radius 3 is 2.55 bits per heavy atom. The van der Waals surface area contributed by atoms with Crippen LogP contribution in [-0.4, -0.2) is 40.5 Å². The summed E-state index contributed by atoms with van der Waals surface area (Å²) < 4.78 is 26.5. The topological polar surface area (TPSA) is 78.1 Å². The van der Waals surface area contributed by atoms with Crippen molar-refractivity contribution in [2.75, 3.05) is 18.9 Å². The highest BCUT2D eigenvalue weighted by Crippen LogP contribution is 2.21. The highest BCUT2D eigenvalue weighted by atomic mass is 35.5. The first-order chi connectivity index (χ1) is 13.8. The van der Waals surface area contributed by atoms with E-state index in [2.05, 4.69) is 15.5 Å². The van der Waals surface area contributed by atoms with Gasteiger partial charge in [-0.1, -0.05) is 41.9 Å². The first-order valence-electron chi connectivity index (χ1n) is 8.66. The molecule has 0 unspecified atom stereocenters. The molecular formula is C20H17ClF2N4O2. The lowest BCUT2D eigenvalue weighted by molar-refractivity contribution is 0.0790. The van der Waals surface area contributed by atoms with Crippen molar-refractivity contribution in [2.24, 2.45) is 0 Å². The van der Waals surface area contributed by atoms with Crippen LogP contribution in [0, 0.1) is 11.6 Å². The second kappa shape index (κ2) is 8.83. The first-order valence-corrected chi connectivity index (χ1v) is 9.03. The predicted octanol–water partition coefficient (Wildman–Crippen LogP) is 3.91. The van der Waals surface area contributed by atoms with Crippen LogP contribution in [-0.2, 0) is 6.42 Å². The summed E-state index contributed by atoms with van der Waals surface area (Å²) in [5.74, 6) is -3.39. The van der Waals surface area contributed by atoms with E-state index in [1.807, 2.05) is 30.3 Å². The number of hydrogen-bond acceptors (Lipinski definition) is 3. The van der Waals surface area contributed by atoms with Gasteiger partial charge in [0.05, 0.1) is 10.6 Å². The summed E-state index contributed by atoms with van der Waals surface area (Å²) in [5.41, 5.74) is 1.03. The van der Waals surface area contributed by atoms with Crippen LogP contribution in [0.15, 0.2) is 48.5 Å². The lowest BCUT2D eigenvalue weighted by Gasteiger charge is -2.15. The number of halogens is 3. The van der Waals surface area contributed by atoms with E-state index >= 15 is 0 Å². The summed E-state index contributed by atoms with van der Waals surface area (Å²) in [4.78, 5) is 26.3. The molecule has 29 heavy (non-hydrogen) atoms. The van der Waals surface area contributed by atoms with Crippen LogP contribution in [0.5, 0.6) is 0 Å². The zero-order valence-electron chi connectivity index (χ0n) is 15.4. The van der Waals surface area contributed by atoms with Gasteiger partial charge < -0.3 is 10.2 Å². The number of hydrogen-bond donors (Lipinski definition) is 2. The minimum atomic E-state index is -1.20. The highest BCUT2D eigenvalue weighted by Gasteiger charge is 2.18. The minimum absolute atomic E-state index is 0.0515. The summed E-state index contributed by atoms with van der Waals surface area (Å²) in [7, 11) is 1.66. The number of benzene rings is 2. The summed E-state index contributed by atoms with van der Waals surface area (Å²) in [6.07, 6.45) is 0.690. The number of likely N-dealkylation sites (N-methyl/N-ethyl adjacent to an activating group) is 1. The Labute approximate surface area is 170 Å².